The van der Waals surface area contributed by atoms with Crippen LogP contribution < -0.4 is 10.5 Å². The number of amides is 2. The van der Waals surface area contributed by atoms with Crippen LogP contribution in [0.3, 0.4) is 0 Å². The number of hydrogen-bond acceptors (Lipinski definition) is 4. The first-order valence-electron chi connectivity index (χ1n) is 9.07. The molecule has 2 heterocycles. The summed E-state index contributed by atoms with van der Waals surface area (Å²) < 4.78 is 11.3. The van der Waals surface area contributed by atoms with E-state index in [0.717, 1.165) is 44.5 Å². The maximum Gasteiger partial charge on any atom is 0.254 e. The molecule has 25 heavy (non-hydrogen) atoms. The zero-order valence-electron chi connectivity index (χ0n) is 14.5. The molecule has 0 bridgehead atoms. The fraction of sp³-hybridized carbons (Fsp3) is 0.579. The lowest BCUT2D eigenvalue weighted by Gasteiger charge is -2.35. The van der Waals surface area contributed by atoms with Crippen LogP contribution in [0.25, 0.3) is 0 Å². The van der Waals surface area contributed by atoms with Gasteiger partial charge in [0.05, 0.1) is 6.10 Å². The number of carbonyl (C=O) groups is 2. The number of nitrogens with zero attached hydrogens (tertiary/aromatic N) is 1. The summed E-state index contributed by atoms with van der Waals surface area (Å²) in [6.45, 7) is 2.03. The number of likely N-dealkylation sites (tertiary alicyclic amines) is 1. The van der Waals surface area contributed by atoms with Gasteiger partial charge in [-0.15, -0.1) is 0 Å². The van der Waals surface area contributed by atoms with Gasteiger partial charge in [0, 0.05) is 31.2 Å². The molecule has 2 N–H and O–H groups in total. The highest BCUT2D eigenvalue weighted by atomic mass is 16.5. The Morgan fingerprint density at radius 2 is 1.96 bits per heavy atom. The third-order valence-electron chi connectivity index (χ3n) is 4.89. The molecule has 0 unspecified atom stereocenters. The number of carbonyl (C=O) groups excluding carboxylic acids is 2. The average molecular weight is 346 g/mol. The Morgan fingerprint density at radius 1 is 1.16 bits per heavy atom. The second-order valence-electron chi connectivity index (χ2n) is 6.79. The Bertz CT molecular complexity index is 596. The van der Waals surface area contributed by atoms with Gasteiger partial charge >= 0.3 is 0 Å². The van der Waals surface area contributed by atoms with Gasteiger partial charge < -0.3 is 20.1 Å². The predicted molar refractivity (Wildman–Crippen MR) is 93.4 cm³/mol. The Labute approximate surface area is 148 Å². The fourth-order valence-corrected chi connectivity index (χ4v) is 3.54. The van der Waals surface area contributed by atoms with E-state index in [1.165, 1.54) is 0 Å². The van der Waals surface area contributed by atoms with Gasteiger partial charge in [-0.1, -0.05) is 0 Å². The monoisotopic (exact) mass is 346 g/mol. The maximum absolute atomic E-state index is 12.8. The van der Waals surface area contributed by atoms with Gasteiger partial charge in [-0.3, -0.25) is 9.59 Å². The van der Waals surface area contributed by atoms with Crippen molar-refractivity contribution in [2.24, 2.45) is 5.73 Å². The normalized spacial score (nSPS) is 23.4. The summed E-state index contributed by atoms with van der Waals surface area (Å²) in [5, 5.41) is 0. The minimum atomic E-state index is -0.359. The van der Waals surface area contributed by atoms with Crippen LogP contribution in [0.4, 0.5) is 0 Å². The van der Waals surface area contributed by atoms with Gasteiger partial charge in [0.2, 0.25) is 5.91 Å². The van der Waals surface area contributed by atoms with Crippen LogP contribution in [-0.4, -0.2) is 48.6 Å². The molecule has 2 amide bonds. The van der Waals surface area contributed by atoms with Crippen molar-refractivity contribution in [1.82, 2.24) is 4.90 Å². The molecule has 136 valence electrons. The number of benzene rings is 1. The van der Waals surface area contributed by atoms with Crippen LogP contribution in [-0.2, 0) is 9.53 Å². The van der Waals surface area contributed by atoms with Gasteiger partial charge in [0.15, 0.2) is 0 Å². The molecule has 0 spiro atoms. The van der Waals surface area contributed by atoms with E-state index in [9.17, 15) is 9.59 Å². The molecule has 6 nitrogen and oxygen atoms in total. The largest absolute Gasteiger partial charge is 0.491 e. The molecular formula is C19H26N2O4. The first kappa shape index (κ1) is 17.7. The third-order valence-corrected chi connectivity index (χ3v) is 4.89. The number of nitrogens with two attached hydrogens (primary N) is 1. The Kier molecular flexibility index (Phi) is 5.91. The van der Waals surface area contributed by atoms with Crippen molar-refractivity contribution in [3.63, 3.8) is 0 Å². The van der Waals surface area contributed by atoms with Crippen LogP contribution in [0.5, 0.6) is 5.75 Å². The van der Waals surface area contributed by atoms with Gasteiger partial charge in [-0.25, -0.2) is 0 Å². The molecule has 0 aromatic heterocycles. The molecule has 1 aromatic carbocycles. The second kappa shape index (κ2) is 8.34. The zero-order chi connectivity index (χ0) is 17.6. The van der Waals surface area contributed by atoms with Crippen molar-refractivity contribution in [2.45, 2.75) is 50.7 Å². The number of primary amides is 1. The van der Waals surface area contributed by atoms with E-state index in [4.69, 9.17) is 15.2 Å². The van der Waals surface area contributed by atoms with Gasteiger partial charge in [-0.05, 0) is 56.4 Å². The molecular weight excluding hydrogens is 320 g/mol. The van der Waals surface area contributed by atoms with Gasteiger partial charge in [0.25, 0.3) is 5.91 Å². The van der Waals surface area contributed by atoms with Crippen LogP contribution >= 0.6 is 0 Å². The quantitative estimate of drug-likeness (QED) is 0.855. The minimum Gasteiger partial charge on any atom is -0.491 e. The summed E-state index contributed by atoms with van der Waals surface area (Å²) in [4.78, 5) is 25.8. The van der Waals surface area contributed by atoms with Crippen molar-refractivity contribution in [3.05, 3.63) is 29.8 Å². The maximum atomic E-state index is 12.8. The number of ether oxygens (including phenoxy) is 2. The fourth-order valence-electron chi connectivity index (χ4n) is 3.54. The number of piperidine rings is 1. The van der Waals surface area contributed by atoms with E-state index >= 15 is 0 Å². The summed E-state index contributed by atoms with van der Waals surface area (Å²) in [5.74, 6) is 0.332. The highest BCUT2D eigenvalue weighted by molar-refractivity contribution is 5.95. The molecule has 2 fully saturated rings. The molecule has 1 aromatic rings. The van der Waals surface area contributed by atoms with Crippen molar-refractivity contribution >= 4 is 11.8 Å². The lowest BCUT2D eigenvalue weighted by Crippen LogP contribution is -2.45. The third kappa shape index (κ3) is 4.72. The molecule has 0 radical (unpaired) electrons. The summed E-state index contributed by atoms with van der Waals surface area (Å²) in [7, 11) is 0. The summed E-state index contributed by atoms with van der Waals surface area (Å²) >= 11 is 0. The molecule has 3 rings (SSSR count). The Hall–Kier alpha value is -2.08. The zero-order valence-corrected chi connectivity index (χ0v) is 14.5. The highest BCUT2D eigenvalue weighted by Gasteiger charge is 2.28. The number of rotatable bonds is 6. The minimum absolute atomic E-state index is 0.0448. The molecule has 2 saturated heterocycles. The van der Waals surface area contributed by atoms with Crippen LogP contribution in [0.2, 0.25) is 0 Å². The summed E-state index contributed by atoms with van der Waals surface area (Å²) in [6.07, 6.45) is 5.34. The second-order valence-corrected chi connectivity index (χ2v) is 6.79. The van der Waals surface area contributed by atoms with Crippen LogP contribution in [0.15, 0.2) is 24.3 Å². The molecule has 0 aliphatic carbocycles. The first-order valence-corrected chi connectivity index (χ1v) is 9.07. The van der Waals surface area contributed by atoms with Crippen LogP contribution in [0.1, 0.15) is 48.9 Å². The van der Waals surface area contributed by atoms with E-state index in [0.29, 0.717) is 18.7 Å². The number of hydrogen-bond donors (Lipinski definition) is 1. The molecule has 2 aliphatic rings. The lowest BCUT2D eigenvalue weighted by molar-refractivity contribution is -0.119. The first-order chi connectivity index (χ1) is 12.1. The standard InChI is InChI=1S/C19H26N2O4/c20-18(22)12-15-4-1-2-10-21(15)19(23)14-6-8-16(9-7-14)25-13-17-5-3-11-24-17/h6-9,15,17H,1-5,10-13H2,(H2,20,22)/t15-,17-/m0/s1. The topological polar surface area (TPSA) is 81.9 Å². The summed E-state index contributed by atoms with van der Waals surface area (Å²) in [5.41, 5.74) is 5.94. The van der Waals surface area contributed by atoms with Crippen molar-refractivity contribution in [2.75, 3.05) is 19.8 Å². The van der Waals surface area contributed by atoms with Gasteiger partial charge in [-0.2, -0.15) is 0 Å². The van der Waals surface area contributed by atoms with Crippen molar-refractivity contribution < 1.29 is 19.1 Å². The highest BCUT2D eigenvalue weighted by Crippen LogP contribution is 2.23. The lowest BCUT2D eigenvalue weighted by atomic mass is 9.98. The van der Waals surface area contributed by atoms with Gasteiger partial charge in [0.1, 0.15) is 12.4 Å². The van der Waals surface area contributed by atoms with E-state index < -0.39 is 0 Å². The van der Waals surface area contributed by atoms with Crippen LogP contribution in [0, 0.1) is 0 Å². The molecule has 2 aliphatic heterocycles. The summed E-state index contributed by atoms with van der Waals surface area (Å²) in [6, 6.07) is 7.10. The Morgan fingerprint density at radius 3 is 2.64 bits per heavy atom. The molecule has 2 atom stereocenters. The van der Waals surface area contributed by atoms with Crippen molar-refractivity contribution in [1.29, 1.82) is 0 Å². The van der Waals surface area contributed by atoms with E-state index in [2.05, 4.69) is 0 Å². The molecule has 6 heteroatoms. The van der Waals surface area contributed by atoms with E-state index in [1.54, 1.807) is 17.0 Å². The van der Waals surface area contributed by atoms with E-state index in [1.807, 2.05) is 12.1 Å². The Balaban J connectivity index is 1.59. The van der Waals surface area contributed by atoms with Crippen molar-refractivity contribution in [3.8, 4) is 5.75 Å². The smallest absolute Gasteiger partial charge is 0.254 e. The predicted octanol–water partition coefficient (Wildman–Crippen LogP) is 2.11. The molecule has 0 saturated carbocycles. The SMILES string of the molecule is NC(=O)C[C@@H]1CCCCN1C(=O)c1ccc(OC[C@@H]2CCCO2)cc1. The average Bonchev–Trinajstić information content (AvgIpc) is 3.13. The van der Waals surface area contributed by atoms with E-state index in [-0.39, 0.29) is 30.4 Å².